The Labute approximate surface area is 217 Å². The number of rotatable bonds is 5. The number of anilines is 1. The molecule has 2 aromatic carbocycles. The van der Waals surface area contributed by atoms with Gasteiger partial charge in [0.1, 0.15) is 11.3 Å². The Kier molecular flexibility index (Phi) is 6.54. The third-order valence-electron chi connectivity index (χ3n) is 7.55. The van der Waals surface area contributed by atoms with Gasteiger partial charge in [0, 0.05) is 50.5 Å². The van der Waals surface area contributed by atoms with Gasteiger partial charge in [0.25, 0.3) is 5.56 Å². The van der Waals surface area contributed by atoms with Gasteiger partial charge in [-0.2, -0.15) is 0 Å². The second kappa shape index (κ2) is 9.67. The summed E-state index contributed by atoms with van der Waals surface area (Å²) >= 11 is 0. The standard InChI is InChI=1S/C29H36N6O2/c1-6-33-18-22(27(36)32-28(33)37)19(2)34-14-16-35(17-15-34)24-9-7-8-23-25(24)31-26(30-23)20-10-12-21(13-11-20)29(3,4)5/h7-13,18-19H,6,14-17H2,1-5H3,(H,30,31)(H,32,36,37). The molecule has 0 radical (unpaired) electrons. The lowest BCUT2D eigenvalue weighted by Gasteiger charge is -2.39. The Morgan fingerprint density at radius 1 is 0.973 bits per heavy atom. The van der Waals surface area contributed by atoms with Gasteiger partial charge >= 0.3 is 5.69 Å². The van der Waals surface area contributed by atoms with Gasteiger partial charge in [-0.15, -0.1) is 0 Å². The zero-order valence-electron chi connectivity index (χ0n) is 22.3. The maximum atomic E-state index is 12.5. The van der Waals surface area contributed by atoms with Crippen LogP contribution in [0.4, 0.5) is 5.69 Å². The summed E-state index contributed by atoms with van der Waals surface area (Å²) in [5, 5.41) is 0. The molecule has 5 rings (SSSR count). The number of aryl methyl sites for hydroxylation is 1. The smallest absolute Gasteiger partial charge is 0.328 e. The zero-order chi connectivity index (χ0) is 26.3. The number of para-hydroxylation sites is 1. The molecule has 4 aromatic rings. The lowest BCUT2D eigenvalue weighted by molar-refractivity contribution is 0.196. The highest BCUT2D eigenvalue weighted by Gasteiger charge is 2.26. The van der Waals surface area contributed by atoms with Crippen LogP contribution in [0.3, 0.4) is 0 Å². The van der Waals surface area contributed by atoms with E-state index in [1.165, 1.54) is 5.56 Å². The van der Waals surface area contributed by atoms with Gasteiger partial charge in [-0.3, -0.25) is 14.7 Å². The summed E-state index contributed by atoms with van der Waals surface area (Å²) in [6, 6.07) is 14.9. The van der Waals surface area contributed by atoms with E-state index in [9.17, 15) is 9.59 Å². The molecule has 0 amide bonds. The molecule has 37 heavy (non-hydrogen) atoms. The second-order valence-electron chi connectivity index (χ2n) is 10.9. The molecule has 1 aliphatic heterocycles. The van der Waals surface area contributed by atoms with Gasteiger partial charge < -0.3 is 14.5 Å². The Morgan fingerprint density at radius 2 is 1.68 bits per heavy atom. The first-order chi connectivity index (χ1) is 17.7. The van der Waals surface area contributed by atoms with Crippen molar-refractivity contribution < 1.29 is 0 Å². The third-order valence-corrected chi connectivity index (χ3v) is 7.55. The summed E-state index contributed by atoms with van der Waals surface area (Å²) in [6.07, 6.45) is 1.71. The number of aromatic amines is 2. The van der Waals surface area contributed by atoms with Crippen LogP contribution in [0, 0.1) is 0 Å². The molecule has 1 saturated heterocycles. The van der Waals surface area contributed by atoms with Crippen LogP contribution >= 0.6 is 0 Å². The molecule has 8 nitrogen and oxygen atoms in total. The molecule has 2 N–H and O–H groups in total. The number of imidazole rings is 1. The number of nitrogens with one attached hydrogen (secondary N) is 2. The number of hydrogen-bond acceptors (Lipinski definition) is 5. The van der Waals surface area contributed by atoms with Crippen LogP contribution in [-0.2, 0) is 12.0 Å². The summed E-state index contributed by atoms with van der Waals surface area (Å²) in [6.45, 7) is 14.4. The fourth-order valence-electron chi connectivity index (χ4n) is 5.14. The van der Waals surface area contributed by atoms with Crippen molar-refractivity contribution >= 4 is 16.7 Å². The average molecular weight is 501 g/mol. The predicted octanol–water partition coefficient (Wildman–Crippen LogP) is 4.28. The number of benzene rings is 2. The summed E-state index contributed by atoms with van der Waals surface area (Å²) in [7, 11) is 0. The van der Waals surface area contributed by atoms with Crippen molar-refractivity contribution in [1.29, 1.82) is 0 Å². The van der Waals surface area contributed by atoms with Crippen LogP contribution in [0.15, 0.2) is 58.3 Å². The van der Waals surface area contributed by atoms with E-state index in [0.29, 0.717) is 12.1 Å². The topological polar surface area (TPSA) is 90.0 Å². The minimum Gasteiger partial charge on any atom is -0.367 e. The maximum absolute atomic E-state index is 12.5. The van der Waals surface area contributed by atoms with E-state index in [-0.39, 0.29) is 22.7 Å². The molecule has 8 heteroatoms. The largest absolute Gasteiger partial charge is 0.367 e. The normalized spacial score (nSPS) is 15.9. The molecule has 1 unspecified atom stereocenters. The van der Waals surface area contributed by atoms with E-state index >= 15 is 0 Å². The molecule has 0 aliphatic carbocycles. The van der Waals surface area contributed by atoms with Crippen molar-refractivity contribution in [2.45, 2.75) is 52.6 Å². The predicted molar refractivity (Wildman–Crippen MR) is 149 cm³/mol. The van der Waals surface area contributed by atoms with Gasteiger partial charge in [0.15, 0.2) is 0 Å². The number of hydrogen-bond donors (Lipinski definition) is 2. The van der Waals surface area contributed by atoms with Crippen LogP contribution in [-0.4, -0.2) is 50.6 Å². The van der Waals surface area contributed by atoms with E-state index in [1.54, 1.807) is 10.8 Å². The van der Waals surface area contributed by atoms with Crippen LogP contribution in [0.5, 0.6) is 0 Å². The third kappa shape index (κ3) is 4.85. The van der Waals surface area contributed by atoms with Gasteiger partial charge in [0.2, 0.25) is 0 Å². The highest BCUT2D eigenvalue weighted by atomic mass is 16.2. The lowest BCUT2D eigenvalue weighted by Crippen LogP contribution is -2.48. The molecule has 0 bridgehead atoms. The molecular formula is C29H36N6O2. The molecule has 194 valence electrons. The Hall–Kier alpha value is -3.65. The van der Waals surface area contributed by atoms with Gasteiger partial charge in [-0.05, 0) is 37.0 Å². The van der Waals surface area contributed by atoms with E-state index < -0.39 is 0 Å². The first-order valence-electron chi connectivity index (χ1n) is 13.1. The van der Waals surface area contributed by atoms with E-state index in [0.717, 1.165) is 54.3 Å². The highest BCUT2D eigenvalue weighted by Crippen LogP contribution is 2.31. The monoisotopic (exact) mass is 500 g/mol. The molecule has 1 fully saturated rings. The number of H-pyrrole nitrogens is 2. The maximum Gasteiger partial charge on any atom is 0.328 e. The number of piperazine rings is 1. The van der Waals surface area contributed by atoms with Crippen LogP contribution in [0.25, 0.3) is 22.4 Å². The fourth-order valence-corrected chi connectivity index (χ4v) is 5.14. The summed E-state index contributed by atoms with van der Waals surface area (Å²) in [5.41, 5.74) is 5.59. The number of aromatic nitrogens is 4. The minimum atomic E-state index is -0.357. The molecule has 1 atom stereocenters. The van der Waals surface area contributed by atoms with Crippen LogP contribution in [0.1, 0.15) is 51.8 Å². The Bertz CT molecular complexity index is 1520. The van der Waals surface area contributed by atoms with Crippen molar-refractivity contribution in [2.24, 2.45) is 0 Å². The van der Waals surface area contributed by atoms with Crippen molar-refractivity contribution in [3.63, 3.8) is 0 Å². The van der Waals surface area contributed by atoms with E-state index in [1.807, 2.05) is 13.8 Å². The van der Waals surface area contributed by atoms with Crippen molar-refractivity contribution in [2.75, 3.05) is 31.1 Å². The van der Waals surface area contributed by atoms with Crippen LogP contribution in [0.2, 0.25) is 0 Å². The first-order valence-corrected chi connectivity index (χ1v) is 13.1. The SMILES string of the molecule is CCn1cc(C(C)N2CCN(c3cccc4[nH]c(-c5ccc(C(C)(C)C)cc5)nc34)CC2)c(=O)[nH]c1=O. The molecule has 3 heterocycles. The summed E-state index contributed by atoms with van der Waals surface area (Å²) < 4.78 is 1.55. The molecule has 0 spiro atoms. The number of fused-ring (bicyclic) bond motifs is 1. The minimum absolute atomic E-state index is 0.0758. The van der Waals surface area contributed by atoms with E-state index in [4.69, 9.17) is 4.98 Å². The van der Waals surface area contributed by atoms with Gasteiger partial charge in [0.05, 0.1) is 16.8 Å². The second-order valence-corrected chi connectivity index (χ2v) is 10.9. The Balaban J connectivity index is 1.35. The lowest BCUT2D eigenvalue weighted by atomic mass is 9.87. The average Bonchev–Trinajstić information content (AvgIpc) is 3.33. The molecule has 1 aliphatic rings. The van der Waals surface area contributed by atoms with E-state index in [2.05, 4.69) is 83.0 Å². The summed E-state index contributed by atoms with van der Waals surface area (Å²) in [4.78, 5) is 40.1. The molecule has 0 saturated carbocycles. The molecule has 2 aromatic heterocycles. The zero-order valence-corrected chi connectivity index (χ0v) is 22.3. The highest BCUT2D eigenvalue weighted by molar-refractivity contribution is 5.91. The summed E-state index contributed by atoms with van der Waals surface area (Å²) in [5.74, 6) is 0.875. The van der Waals surface area contributed by atoms with Gasteiger partial charge in [-0.1, -0.05) is 51.1 Å². The van der Waals surface area contributed by atoms with Crippen LogP contribution < -0.4 is 16.1 Å². The first kappa shape index (κ1) is 25.0. The number of nitrogens with zero attached hydrogens (tertiary/aromatic N) is 4. The van der Waals surface area contributed by atoms with Crippen molar-refractivity contribution in [1.82, 2.24) is 24.4 Å². The Morgan fingerprint density at radius 3 is 2.32 bits per heavy atom. The fraction of sp³-hybridized carbons (Fsp3) is 0.414. The quantitative estimate of drug-likeness (QED) is 0.427. The molecular weight excluding hydrogens is 464 g/mol. The van der Waals surface area contributed by atoms with Crippen molar-refractivity contribution in [3.8, 4) is 11.4 Å². The van der Waals surface area contributed by atoms with Gasteiger partial charge in [-0.25, -0.2) is 9.78 Å². The van der Waals surface area contributed by atoms with Crippen molar-refractivity contribution in [3.05, 3.63) is 80.6 Å².